The molecule has 0 heterocycles. The molecule has 1 aromatic rings. The molecule has 1 rings (SSSR count). The van der Waals surface area contributed by atoms with Gasteiger partial charge in [0.1, 0.15) is 0 Å². The van der Waals surface area contributed by atoms with Crippen molar-refractivity contribution in [3.8, 4) is 0 Å². The molecule has 0 atom stereocenters. The summed E-state index contributed by atoms with van der Waals surface area (Å²) in [6.45, 7) is 0. The van der Waals surface area contributed by atoms with Gasteiger partial charge in [-0.2, -0.15) is 0 Å². The Morgan fingerprint density at radius 3 is 1.67 bits per heavy atom. The lowest BCUT2D eigenvalue weighted by atomic mass is 10.1. The average molecular weight is 347 g/mol. The monoisotopic (exact) mass is 344 g/mol. The van der Waals surface area contributed by atoms with Gasteiger partial charge in [0.05, 0.1) is 0 Å². The average Bonchev–Trinajstić information content (AvgIpc) is 1.99. The summed E-state index contributed by atoms with van der Waals surface area (Å²) in [5.74, 6) is 0. The summed E-state index contributed by atoms with van der Waals surface area (Å²) in [7, 11) is 0. The van der Waals surface area contributed by atoms with Crippen LogP contribution in [0.15, 0.2) is 18.2 Å². The Hall–Kier alpha value is 1.25. The SMILES string of the molecule is Clc1cccc(C(Cl)(Cl)Cl)c1C(Cl)(Cl)Cl. The lowest BCUT2D eigenvalue weighted by Gasteiger charge is -2.22. The third-order valence-electron chi connectivity index (χ3n) is 1.60. The first kappa shape index (κ1) is 14.3. The smallest absolute Gasteiger partial charge is 0.0839 e. The molecule has 0 amide bonds. The number of alkyl halides is 6. The molecule has 0 aliphatic rings. The predicted octanol–water partition coefficient (Wildman–Crippen LogP) is 5.99. The van der Waals surface area contributed by atoms with Crippen molar-refractivity contribution in [3.63, 3.8) is 0 Å². The molecule has 0 saturated heterocycles. The molecule has 0 aliphatic heterocycles. The fourth-order valence-electron chi connectivity index (χ4n) is 1.05. The van der Waals surface area contributed by atoms with Crippen molar-refractivity contribution >= 4 is 81.2 Å². The van der Waals surface area contributed by atoms with Gasteiger partial charge >= 0.3 is 0 Å². The second kappa shape index (κ2) is 4.86. The van der Waals surface area contributed by atoms with Gasteiger partial charge in [0.2, 0.25) is 7.59 Å². The maximum absolute atomic E-state index is 5.89. The molecule has 0 radical (unpaired) electrons. The minimum atomic E-state index is -1.74. The van der Waals surface area contributed by atoms with Gasteiger partial charge < -0.3 is 0 Å². The summed E-state index contributed by atoms with van der Waals surface area (Å²) in [6.07, 6.45) is 0. The Balaban J connectivity index is 3.48. The lowest BCUT2D eigenvalue weighted by molar-refractivity contribution is 1.11. The van der Waals surface area contributed by atoms with E-state index < -0.39 is 7.59 Å². The molecule has 0 fully saturated rings. The summed E-state index contributed by atoms with van der Waals surface area (Å²) in [4.78, 5) is 0. The van der Waals surface area contributed by atoms with E-state index in [-0.39, 0.29) is 16.1 Å². The first-order valence-corrected chi connectivity index (χ1v) is 6.21. The zero-order chi connectivity index (χ0) is 11.9. The zero-order valence-corrected chi connectivity index (χ0v) is 12.2. The summed E-state index contributed by atoms with van der Waals surface area (Å²) in [6, 6.07) is 4.70. The van der Waals surface area contributed by atoms with Crippen LogP contribution < -0.4 is 0 Å². The van der Waals surface area contributed by atoms with E-state index in [0.29, 0.717) is 0 Å². The van der Waals surface area contributed by atoms with Crippen LogP contribution in [-0.4, -0.2) is 0 Å². The van der Waals surface area contributed by atoms with Crippen molar-refractivity contribution in [2.24, 2.45) is 0 Å². The highest BCUT2D eigenvalue weighted by Gasteiger charge is 2.36. The first-order chi connectivity index (χ1) is 6.64. The van der Waals surface area contributed by atoms with Crippen LogP contribution in [0.1, 0.15) is 11.1 Å². The third-order valence-corrected chi connectivity index (χ3v) is 3.10. The van der Waals surface area contributed by atoms with Crippen LogP contribution in [-0.2, 0) is 7.59 Å². The lowest BCUT2D eigenvalue weighted by Crippen LogP contribution is -2.12. The number of rotatable bonds is 0. The van der Waals surface area contributed by atoms with E-state index >= 15 is 0 Å². The van der Waals surface area contributed by atoms with E-state index in [1.807, 2.05) is 0 Å². The largest absolute Gasteiger partial charge is 0.217 e. The van der Waals surface area contributed by atoms with Crippen LogP contribution >= 0.6 is 81.2 Å². The minimum Gasteiger partial charge on any atom is -0.0839 e. The molecule has 0 saturated carbocycles. The molecule has 0 spiro atoms. The number of hydrogen-bond acceptors (Lipinski definition) is 0. The van der Waals surface area contributed by atoms with E-state index in [0.717, 1.165) is 0 Å². The van der Waals surface area contributed by atoms with Crippen molar-refractivity contribution in [1.29, 1.82) is 0 Å². The quantitative estimate of drug-likeness (QED) is 0.506. The Bertz CT molecular complexity index is 360. The van der Waals surface area contributed by atoms with Gasteiger partial charge in [-0.25, -0.2) is 0 Å². The van der Waals surface area contributed by atoms with Crippen molar-refractivity contribution in [3.05, 3.63) is 34.3 Å². The third kappa shape index (κ3) is 3.61. The highest BCUT2D eigenvalue weighted by atomic mass is 35.6. The van der Waals surface area contributed by atoms with Gasteiger partial charge in [0, 0.05) is 16.1 Å². The molecule has 15 heavy (non-hydrogen) atoms. The van der Waals surface area contributed by atoms with Crippen LogP contribution in [0.2, 0.25) is 5.02 Å². The standard InChI is InChI=1S/C8H3Cl7/c9-5-3-1-2-4(7(10,11)12)6(5)8(13,14)15/h1-3H. The second-order valence-electron chi connectivity index (χ2n) is 2.66. The van der Waals surface area contributed by atoms with Gasteiger partial charge in [0.25, 0.3) is 0 Å². The van der Waals surface area contributed by atoms with Crippen LogP contribution in [0.5, 0.6) is 0 Å². The van der Waals surface area contributed by atoms with Gasteiger partial charge in [0.15, 0.2) is 0 Å². The molecule has 0 bridgehead atoms. The molecule has 84 valence electrons. The molecular weight excluding hydrogens is 344 g/mol. The van der Waals surface area contributed by atoms with Crippen molar-refractivity contribution in [1.82, 2.24) is 0 Å². The van der Waals surface area contributed by atoms with Crippen LogP contribution in [0, 0.1) is 0 Å². The van der Waals surface area contributed by atoms with E-state index in [4.69, 9.17) is 81.2 Å². The van der Waals surface area contributed by atoms with Crippen LogP contribution in [0.25, 0.3) is 0 Å². The van der Waals surface area contributed by atoms with Gasteiger partial charge in [-0.3, -0.25) is 0 Å². The molecule has 1 aromatic carbocycles. The topological polar surface area (TPSA) is 0 Å². The molecule has 0 N–H and O–H groups in total. The number of halogens is 7. The molecule has 0 aliphatic carbocycles. The summed E-state index contributed by atoms with van der Waals surface area (Å²) in [5.41, 5.74) is 0.427. The van der Waals surface area contributed by atoms with Gasteiger partial charge in [-0.1, -0.05) is 93.3 Å². The highest BCUT2D eigenvalue weighted by Crippen LogP contribution is 2.50. The van der Waals surface area contributed by atoms with Gasteiger partial charge in [-0.05, 0) is 6.07 Å². The summed E-state index contributed by atoms with van der Waals surface area (Å²) >= 11 is 40.3. The minimum absolute atomic E-state index is 0.177. The Labute approximate surface area is 122 Å². The maximum atomic E-state index is 5.89. The van der Waals surface area contributed by atoms with Crippen LogP contribution in [0.3, 0.4) is 0 Å². The summed E-state index contributed by atoms with van der Waals surface area (Å²) < 4.78 is -3.43. The fourth-order valence-corrected chi connectivity index (χ4v) is 2.59. The first-order valence-electron chi connectivity index (χ1n) is 3.57. The number of hydrogen-bond donors (Lipinski definition) is 0. The maximum Gasteiger partial charge on any atom is 0.217 e. The second-order valence-corrected chi connectivity index (χ2v) is 7.63. The van der Waals surface area contributed by atoms with E-state index in [1.165, 1.54) is 6.07 Å². The predicted molar refractivity (Wildman–Crippen MR) is 69.9 cm³/mol. The van der Waals surface area contributed by atoms with E-state index in [9.17, 15) is 0 Å². The molecule has 7 heteroatoms. The Kier molecular flexibility index (Phi) is 4.63. The fraction of sp³-hybridized carbons (Fsp3) is 0.250. The Morgan fingerprint density at radius 2 is 1.33 bits per heavy atom. The van der Waals surface area contributed by atoms with E-state index in [1.54, 1.807) is 12.1 Å². The van der Waals surface area contributed by atoms with Crippen LogP contribution in [0.4, 0.5) is 0 Å². The van der Waals surface area contributed by atoms with Gasteiger partial charge in [-0.15, -0.1) is 0 Å². The Morgan fingerprint density at radius 1 is 0.800 bits per heavy atom. The molecular formula is C8H3Cl7. The van der Waals surface area contributed by atoms with Crippen molar-refractivity contribution in [2.45, 2.75) is 7.59 Å². The van der Waals surface area contributed by atoms with Crippen molar-refractivity contribution in [2.75, 3.05) is 0 Å². The van der Waals surface area contributed by atoms with E-state index in [2.05, 4.69) is 0 Å². The zero-order valence-electron chi connectivity index (χ0n) is 6.88. The summed E-state index contributed by atoms with van der Waals surface area (Å²) in [5, 5.41) is 0.235. The highest BCUT2D eigenvalue weighted by molar-refractivity contribution is 6.69. The molecule has 0 aromatic heterocycles. The molecule has 0 unspecified atom stereocenters. The van der Waals surface area contributed by atoms with Crippen molar-refractivity contribution < 1.29 is 0 Å². The normalized spacial score (nSPS) is 13.0. The number of benzene rings is 1. The molecule has 0 nitrogen and oxygen atoms in total.